The molecule has 17 heavy (non-hydrogen) atoms. The van der Waals surface area contributed by atoms with Crippen molar-refractivity contribution in [3.05, 3.63) is 35.4 Å². The number of Topliss-reactive ketones (excluding diaryl/α,β-unsaturated/α-hetero) is 1. The van der Waals surface area contributed by atoms with Gasteiger partial charge in [-0.15, -0.1) is 0 Å². The molecule has 3 heteroatoms. The molecule has 1 aromatic carbocycles. The maximum atomic E-state index is 12.3. The van der Waals surface area contributed by atoms with Gasteiger partial charge in [0.25, 0.3) is 0 Å². The van der Waals surface area contributed by atoms with E-state index < -0.39 is 5.41 Å². The minimum Gasteiger partial charge on any atom is -0.379 e. The van der Waals surface area contributed by atoms with Crippen LogP contribution in [0.5, 0.6) is 0 Å². The van der Waals surface area contributed by atoms with Gasteiger partial charge in [0, 0.05) is 12.5 Å². The molecule has 2 N–H and O–H groups in total. The Morgan fingerprint density at radius 3 is 2.65 bits per heavy atom. The Morgan fingerprint density at radius 1 is 1.47 bits per heavy atom. The van der Waals surface area contributed by atoms with Crippen molar-refractivity contribution in [1.29, 1.82) is 0 Å². The minimum atomic E-state index is -0.523. The molecule has 0 bridgehead atoms. The highest BCUT2D eigenvalue weighted by molar-refractivity contribution is 5.87. The maximum Gasteiger partial charge on any atom is 0.147 e. The molecular weight excluding hydrogens is 214 g/mol. The molecule has 1 aliphatic heterocycles. The summed E-state index contributed by atoms with van der Waals surface area (Å²) in [5, 5.41) is 0. The van der Waals surface area contributed by atoms with Crippen LogP contribution >= 0.6 is 0 Å². The molecule has 2 unspecified atom stereocenters. The number of ketones is 1. The van der Waals surface area contributed by atoms with E-state index in [1.54, 1.807) is 0 Å². The quantitative estimate of drug-likeness (QED) is 0.860. The highest BCUT2D eigenvalue weighted by atomic mass is 16.5. The molecule has 1 aliphatic rings. The molecule has 1 heterocycles. The highest BCUT2D eigenvalue weighted by Crippen LogP contribution is 2.29. The fourth-order valence-electron chi connectivity index (χ4n) is 2.07. The smallest absolute Gasteiger partial charge is 0.147 e. The Balaban J connectivity index is 2.09. The topological polar surface area (TPSA) is 52.3 Å². The second kappa shape index (κ2) is 4.59. The number of rotatable bonds is 3. The number of nitrogens with two attached hydrogens (primary N) is 1. The number of hydrogen-bond donors (Lipinski definition) is 1. The summed E-state index contributed by atoms with van der Waals surface area (Å²) in [6, 6.07) is 7.86. The van der Waals surface area contributed by atoms with Crippen molar-refractivity contribution in [2.24, 2.45) is 11.1 Å². The second-order valence-electron chi connectivity index (χ2n) is 5.12. The summed E-state index contributed by atoms with van der Waals surface area (Å²) in [4.78, 5) is 12.3. The molecule has 2 rings (SSSR count). The van der Waals surface area contributed by atoms with Crippen LogP contribution in [0.2, 0.25) is 0 Å². The molecule has 92 valence electrons. The zero-order valence-corrected chi connectivity index (χ0v) is 10.4. The molecule has 0 radical (unpaired) electrons. The Bertz CT molecular complexity index is 413. The molecule has 0 aliphatic carbocycles. The summed E-state index contributed by atoms with van der Waals surface area (Å²) in [6.07, 6.45) is 0.438. The minimum absolute atomic E-state index is 0.173. The average Bonchev–Trinajstić information content (AvgIpc) is 2.64. The van der Waals surface area contributed by atoms with E-state index in [0.29, 0.717) is 19.6 Å². The van der Waals surface area contributed by atoms with Gasteiger partial charge in [-0.05, 0) is 19.4 Å². The number of aryl methyl sites for hydroxylation is 1. The van der Waals surface area contributed by atoms with E-state index in [1.807, 2.05) is 38.1 Å². The van der Waals surface area contributed by atoms with Crippen LogP contribution in [0.25, 0.3) is 0 Å². The van der Waals surface area contributed by atoms with Crippen LogP contribution in [-0.4, -0.2) is 25.0 Å². The molecule has 0 aromatic heterocycles. The zero-order valence-electron chi connectivity index (χ0n) is 10.4. The first kappa shape index (κ1) is 12.3. The number of ether oxygens (including phenoxy) is 1. The van der Waals surface area contributed by atoms with Gasteiger partial charge in [-0.3, -0.25) is 4.79 Å². The zero-order chi connectivity index (χ0) is 12.5. The molecule has 1 saturated heterocycles. The maximum absolute atomic E-state index is 12.3. The van der Waals surface area contributed by atoms with Gasteiger partial charge in [-0.2, -0.15) is 0 Å². The number of carbonyl (C=O) groups is 1. The Kier molecular flexibility index (Phi) is 3.31. The van der Waals surface area contributed by atoms with E-state index >= 15 is 0 Å². The van der Waals surface area contributed by atoms with Gasteiger partial charge < -0.3 is 10.5 Å². The summed E-state index contributed by atoms with van der Waals surface area (Å²) < 4.78 is 5.30. The fourth-order valence-corrected chi connectivity index (χ4v) is 2.07. The van der Waals surface area contributed by atoms with E-state index in [4.69, 9.17) is 10.5 Å². The van der Waals surface area contributed by atoms with E-state index in [0.717, 1.165) is 5.56 Å². The van der Waals surface area contributed by atoms with Gasteiger partial charge in [0.1, 0.15) is 5.78 Å². The summed E-state index contributed by atoms with van der Waals surface area (Å²) >= 11 is 0. The predicted octanol–water partition coefficient (Wildman–Crippen LogP) is 1.47. The van der Waals surface area contributed by atoms with Crippen LogP contribution in [0.1, 0.15) is 18.1 Å². The van der Waals surface area contributed by atoms with Crippen LogP contribution in [-0.2, 0) is 16.0 Å². The Hall–Kier alpha value is -1.19. The Morgan fingerprint density at radius 2 is 2.12 bits per heavy atom. The van der Waals surface area contributed by atoms with Crippen LogP contribution in [0.4, 0.5) is 0 Å². The third kappa shape index (κ3) is 2.40. The lowest BCUT2D eigenvalue weighted by Gasteiger charge is -2.25. The normalized spacial score (nSPS) is 28.3. The van der Waals surface area contributed by atoms with Gasteiger partial charge >= 0.3 is 0 Å². The van der Waals surface area contributed by atoms with Crippen molar-refractivity contribution in [3.63, 3.8) is 0 Å². The van der Waals surface area contributed by atoms with Crippen molar-refractivity contribution >= 4 is 5.78 Å². The van der Waals surface area contributed by atoms with Crippen LogP contribution in [0.3, 0.4) is 0 Å². The van der Waals surface area contributed by atoms with Crippen molar-refractivity contribution < 1.29 is 9.53 Å². The first-order valence-corrected chi connectivity index (χ1v) is 5.94. The lowest BCUT2D eigenvalue weighted by Crippen LogP contribution is -2.45. The lowest BCUT2D eigenvalue weighted by molar-refractivity contribution is -0.127. The molecular formula is C14H19NO2. The van der Waals surface area contributed by atoms with Crippen LogP contribution in [0.15, 0.2) is 24.3 Å². The fraction of sp³-hybridized carbons (Fsp3) is 0.500. The number of hydrogen-bond acceptors (Lipinski definition) is 3. The standard InChI is InChI=1S/C14H19NO2/c1-10-3-5-11(6-4-10)7-13(16)14(2)9-17-8-12(14)15/h3-6,12H,7-9,15H2,1-2H3. The highest BCUT2D eigenvalue weighted by Gasteiger charge is 2.43. The van der Waals surface area contributed by atoms with Crippen LogP contribution in [0, 0.1) is 12.3 Å². The SMILES string of the molecule is Cc1ccc(CC(=O)C2(C)COCC2N)cc1. The van der Waals surface area contributed by atoms with Crippen molar-refractivity contribution in [3.8, 4) is 0 Å². The van der Waals surface area contributed by atoms with Crippen molar-refractivity contribution in [2.75, 3.05) is 13.2 Å². The van der Waals surface area contributed by atoms with E-state index in [-0.39, 0.29) is 11.8 Å². The second-order valence-corrected chi connectivity index (χ2v) is 5.12. The third-order valence-corrected chi connectivity index (χ3v) is 3.64. The molecule has 1 fully saturated rings. The van der Waals surface area contributed by atoms with Gasteiger partial charge in [0.05, 0.1) is 18.6 Å². The number of benzene rings is 1. The molecule has 2 atom stereocenters. The summed E-state index contributed by atoms with van der Waals surface area (Å²) in [5.41, 5.74) is 7.67. The van der Waals surface area contributed by atoms with Crippen molar-refractivity contribution in [1.82, 2.24) is 0 Å². The molecule has 0 saturated carbocycles. The van der Waals surface area contributed by atoms with Gasteiger partial charge in [0.2, 0.25) is 0 Å². The molecule has 3 nitrogen and oxygen atoms in total. The first-order chi connectivity index (χ1) is 8.02. The van der Waals surface area contributed by atoms with E-state index in [1.165, 1.54) is 5.56 Å². The van der Waals surface area contributed by atoms with Gasteiger partial charge in [0.15, 0.2) is 0 Å². The summed E-state index contributed by atoms with van der Waals surface area (Å²) in [7, 11) is 0. The van der Waals surface area contributed by atoms with Gasteiger partial charge in [-0.25, -0.2) is 0 Å². The van der Waals surface area contributed by atoms with Crippen molar-refractivity contribution in [2.45, 2.75) is 26.3 Å². The Labute approximate surface area is 102 Å². The molecule has 0 amide bonds. The van der Waals surface area contributed by atoms with E-state index in [9.17, 15) is 4.79 Å². The van der Waals surface area contributed by atoms with Crippen LogP contribution < -0.4 is 5.73 Å². The van der Waals surface area contributed by atoms with Gasteiger partial charge in [-0.1, -0.05) is 29.8 Å². The lowest BCUT2D eigenvalue weighted by atomic mass is 9.79. The monoisotopic (exact) mass is 233 g/mol. The molecule has 1 aromatic rings. The summed E-state index contributed by atoms with van der Waals surface area (Å²) in [5.74, 6) is 0.173. The first-order valence-electron chi connectivity index (χ1n) is 5.94. The average molecular weight is 233 g/mol. The third-order valence-electron chi connectivity index (χ3n) is 3.64. The summed E-state index contributed by atoms with van der Waals surface area (Å²) in [6.45, 7) is 4.86. The molecule has 0 spiro atoms. The largest absolute Gasteiger partial charge is 0.379 e. The predicted molar refractivity (Wildman–Crippen MR) is 66.8 cm³/mol. The number of carbonyl (C=O) groups excluding carboxylic acids is 1. The van der Waals surface area contributed by atoms with E-state index in [2.05, 4.69) is 0 Å².